The van der Waals surface area contributed by atoms with E-state index in [1.165, 1.54) is 17.4 Å². The van der Waals surface area contributed by atoms with Gasteiger partial charge in [0.1, 0.15) is 0 Å². The quantitative estimate of drug-likeness (QED) is 0.657. The molecule has 1 N–H and O–H groups in total. The van der Waals surface area contributed by atoms with Crippen LogP contribution in [0.4, 0.5) is 5.13 Å². The summed E-state index contributed by atoms with van der Waals surface area (Å²) < 4.78 is 0.898. The first-order valence-corrected chi connectivity index (χ1v) is 7.80. The van der Waals surface area contributed by atoms with Crippen LogP contribution in [0.2, 0.25) is 15.1 Å². The molecule has 3 aromatic rings. The molecule has 0 radical (unpaired) electrons. The second-order valence-corrected chi connectivity index (χ2v) is 6.52. The van der Waals surface area contributed by atoms with Gasteiger partial charge in [-0.1, -0.05) is 46.1 Å². The summed E-state index contributed by atoms with van der Waals surface area (Å²) in [7, 11) is 0. The number of carbonyl (C=O) groups is 1. The molecular weight excluding hydrogens is 351 g/mol. The smallest absolute Gasteiger partial charge is 0.259 e. The number of anilines is 1. The summed E-state index contributed by atoms with van der Waals surface area (Å²) in [6, 6.07) is 10.1. The number of hydrogen-bond acceptors (Lipinski definition) is 3. The van der Waals surface area contributed by atoms with Gasteiger partial charge < -0.3 is 0 Å². The van der Waals surface area contributed by atoms with Gasteiger partial charge >= 0.3 is 0 Å². The van der Waals surface area contributed by atoms with Gasteiger partial charge in [0.15, 0.2) is 5.13 Å². The Morgan fingerprint density at radius 3 is 2.57 bits per heavy atom. The van der Waals surface area contributed by atoms with Crippen molar-refractivity contribution in [3.63, 3.8) is 0 Å². The molecule has 3 rings (SSSR count). The topological polar surface area (TPSA) is 42.0 Å². The highest BCUT2D eigenvalue weighted by Gasteiger charge is 2.13. The zero-order valence-electron chi connectivity index (χ0n) is 10.4. The first-order valence-electron chi connectivity index (χ1n) is 5.85. The van der Waals surface area contributed by atoms with E-state index in [-0.39, 0.29) is 5.91 Å². The van der Waals surface area contributed by atoms with Crippen LogP contribution in [0.3, 0.4) is 0 Å². The average Bonchev–Trinajstić information content (AvgIpc) is 2.82. The van der Waals surface area contributed by atoms with E-state index in [4.69, 9.17) is 34.8 Å². The second-order valence-electron chi connectivity index (χ2n) is 4.21. The van der Waals surface area contributed by atoms with E-state index in [0.29, 0.717) is 25.8 Å². The molecule has 21 heavy (non-hydrogen) atoms. The van der Waals surface area contributed by atoms with Crippen molar-refractivity contribution in [2.24, 2.45) is 0 Å². The zero-order chi connectivity index (χ0) is 15.0. The first kappa shape index (κ1) is 14.6. The van der Waals surface area contributed by atoms with Crippen molar-refractivity contribution in [1.29, 1.82) is 0 Å². The van der Waals surface area contributed by atoms with Gasteiger partial charge in [-0.3, -0.25) is 10.1 Å². The average molecular weight is 358 g/mol. The molecule has 0 saturated heterocycles. The number of amides is 1. The maximum absolute atomic E-state index is 12.2. The third-order valence-corrected chi connectivity index (χ3v) is 4.48. The second kappa shape index (κ2) is 5.81. The number of halogens is 3. The summed E-state index contributed by atoms with van der Waals surface area (Å²) in [5.74, 6) is -0.354. The summed E-state index contributed by atoms with van der Waals surface area (Å²) in [5, 5.41) is 4.60. The Labute approximate surface area is 139 Å². The Kier molecular flexibility index (Phi) is 4.04. The largest absolute Gasteiger partial charge is 0.298 e. The molecule has 1 amide bonds. The molecule has 0 aliphatic heterocycles. The van der Waals surface area contributed by atoms with Crippen molar-refractivity contribution in [2.45, 2.75) is 0 Å². The van der Waals surface area contributed by atoms with Gasteiger partial charge in [-0.05, 0) is 36.4 Å². The SMILES string of the molecule is O=C(Nc1nc2ccc(Cl)cc2s1)c1cc(Cl)ccc1Cl. The summed E-state index contributed by atoms with van der Waals surface area (Å²) in [6.07, 6.45) is 0. The van der Waals surface area contributed by atoms with Crippen LogP contribution in [-0.4, -0.2) is 10.9 Å². The highest BCUT2D eigenvalue weighted by atomic mass is 35.5. The van der Waals surface area contributed by atoms with Crippen LogP contribution in [-0.2, 0) is 0 Å². The highest BCUT2D eigenvalue weighted by molar-refractivity contribution is 7.22. The molecule has 0 fully saturated rings. The molecule has 1 heterocycles. The predicted octanol–water partition coefficient (Wildman–Crippen LogP) is 5.51. The number of rotatable bonds is 2. The van der Waals surface area contributed by atoms with Crippen LogP contribution in [0.25, 0.3) is 10.2 Å². The van der Waals surface area contributed by atoms with Crippen LogP contribution in [0.15, 0.2) is 36.4 Å². The summed E-state index contributed by atoms with van der Waals surface area (Å²) in [5.41, 5.74) is 1.08. The summed E-state index contributed by atoms with van der Waals surface area (Å²) in [4.78, 5) is 16.5. The van der Waals surface area contributed by atoms with E-state index in [2.05, 4.69) is 10.3 Å². The fourth-order valence-corrected chi connectivity index (χ4v) is 3.30. The fraction of sp³-hybridized carbons (Fsp3) is 0. The van der Waals surface area contributed by atoms with Crippen molar-refractivity contribution in [2.75, 3.05) is 5.32 Å². The maximum Gasteiger partial charge on any atom is 0.259 e. The number of benzene rings is 2. The molecule has 3 nitrogen and oxygen atoms in total. The molecule has 0 aliphatic rings. The highest BCUT2D eigenvalue weighted by Crippen LogP contribution is 2.29. The van der Waals surface area contributed by atoms with E-state index < -0.39 is 0 Å². The minimum atomic E-state index is -0.354. The van der Waals surface area contributed by atoms with Crippen LogP contribution >= 0.6 is 46.1 Å². The van der Waals surface area contributed by atoms with Crippen LogP contribution in [0, 0.1) is 0 Å². The molecule has 0 atom stereocenters. The van der Waals surface area contributed by atoms with Crippen molar-refractivity contribution < 1.29 is 4.79 Å². The molecule has 2 aromatic carbocycles. The van der Waals surface area contributed by atoms with Gasteiger partial charge in [-0.25, -0.2) is 4.98 Å². The van der Waals surface area contributed by atoms with Gasteiger partial charge in [0.2, 0.25) is 0 Å². The number of nitrogens with zero attached hydrogens (tertiary/aromatic N) is 1. The number of aromatic nitrogens is 1. The normalized spacial score (nSPS) is 10.8. The van der Waals surface area contributed by atoms with Gasteiger partial charge in [0.05, 0.1) is 20.8 Å². The van der Waals surface area contributed by atoms with Gasteiger partial charge in [-0.2, -0.15) is 0 Å². The molecular formula is C14H7Cl3N2OS. The lowest BCUT2D eigenvalue weighted by molar-refractivity contribution is 0.102. The van der Waals surface area contributed by atoms with E-state index >= 15 is 0 Å². The van der Waals surface area contributed by atoms with E-state index in [0.717, 1.165) is 10.2 Å². The van der Waals surface area contributed by atoms with Gasteiger partial charge in [-0.15, -0.1) is 0 Å². The molecule has 0 bridgehead atoms. The predicted molar refractivity (Wildman–Crippen MR) is 89.0 cm³/mol. The first-order chi connectivity index (χ1) is 10.0. The zero-order valence-corrected chi connectivity index (χ0v) is 13.4. The Bertz CT molecular complexity index is 847. The number of carbonyl (C=O) groups excluding carboxylic acids is 1. The Hall–Kier alpha value is -1.33. The monoisotopic (exact) mass is 356 g/mol. The number of fused-ring (bicyclic) bond motifs is 1. The molecule has 0 aliphatic carbocycles. The van der Waals surface area contributed by atoms with Crippen molar-refractivity contribution in [3.05, 3.63) is 57.0 Å². The lowest BCUT2D eigenvalue weighted by Crippen LogP contribution is -2.12. The lowest BCUT2D eigenvalue weighted by atomic mass is 10.2. The Morgan fingerprint density at radius 2 is 1.76 bits per heavy atom. The third-order valence-electron chi connectivity index (χ3n) is 2.74. The number of thiazole rings is 1. The van der Waals surface area contributed by atoms with Gasteiger partial charge in [0, 0.05) is 10.0 Å². The standard InChI is InChI=1S/C14H7Cl3N2OS/c15-7-1-3-10(17)9(5-7)13(20)19-14-18-11-4-2-8(16)6-12(11)21-14/h1-6H,(H,18,19,20). The van der Waals surface area contributed by atoms with Crippen LogP contribution in [0.5, 0.6) is 0 Å². The van der Waals surface area contributed by atoms with Crippen molar-refractivity contribution in [1.82, 2.24) is 4.98 Å². The Balaban J connectivity index is 1.90. The van der Waals surface area contributed by atoms with Crippen molar-refractivity contribution >= 4 is 67.4 Å². The minimum absolute atomic E-state index is 0.307. The van der Waals surface area contributed by atoms with Crippen LogP contribution in [0.1, 0.15) is 10.4 Å². The molecule has 1 aromatic heterocycles. The summed E-state index contributed by atoms with van der Waals surface area (Å²) in [6.45, 7) is 0. The number of hydrogen-bond donors (Lipinski definition) is 1. The minimum Gasteiger partial charge on any atom is -0.298 e. The molecule has 0 unspecified atom stereocenters. The molecule has 7 heteroatoms. The third kappa shape index (κ3) is 3.14. The number of nitrogens with one attached hydrogen (secondary N) is 1. The molecule has 0 saturated carbocycles. The maximum atomic E-state index is 12.2. The fourth-order valence-electron chi connectivity index (χ4n) is 1.79. The lowest BCUT2D eigenvalue weighted by Gasteiger charge is -2.04. The van der Waals surface area contributed by atoms with Gasteiger partial charge in [0.25, 0.3) is 5.91 Å². The molecule has 0 spiro atoms. The van der Waals surface area contributed by atoms with Crippen molar-refractivity contribution in [3.8, 4) is 0 Å². The summed E-state index contributed by atoms with van der Waals surface area (Å²) >= 11 is 19.2. The van der Waals surface area contributed by atoms with E-state index in [1.54, 1.807) is 30.3 Å². The molecule has 106 valence electrons. The van der Waals surface area contributed by atoms with Crippen LogP contribution < -0.4 is 5.32 Å². The van der Waals surface area contributed by atoms with E-state index in [1.807, 2.05) is 0 Å². The Morgan fingerprint density at radius 1 is 1.05 bits per heavy atom. The van der Waals surface area contributed by atoms with E-state index in [9.17, 15) is 4.79 Å².